The van der Waals surface area contributed by atoms with Crippen molar-refractivity contribution < 1.29 is 4.74 Å². The molecular formula is C8H11BrN2O. The second kappa shape index (κ2) is 2.76. The number of hydrogen-bond acceptors (Lipinski definition) is 2. The average molecular weight is 231 g/mol. The first-order chi connectivity index (χ1) is 5.68. The molecule has 1 aromatic rings. The van der Waals surface area contributed by atoms with Gasteiger partial charge in [-0.15, -0.1) is 0 Å². The Hall–Kier alpha value is -0.510. The lowest BCUT2D eigenvalue weighted by molar-refractivity contribution is 0.174. The highest BCUT2D eigenvalue weighted by molar-refractivity contribution is 9.10. The minimum Gasteiger partial charge on any atom is -0.477 e. The third-order valence-electron chi connectivity index (χ3n) is 2.00. The van der Waals surface area contributed by atoms with Crippen molar-refractivity contribution in [2.45, 2.75) is 20.4 Å². The van der Waals surface area contributed by atoms with E-state index in [4.69, 9.17) is 4.74 Å². The number of halogens is 1. The second-order valence-electron chi connectivity index (χ2n) is 3.30. The first kappa shape index (κ1) is 8.10. The summed E-state index contributed by atoms with van der Waals surface area (Å²) in [5.41, 5.74) is 0.999. The highest BCUT2D eigenvalue weighted by Crippen LogP contribution is 2.31. The summed E-state index contributed by atoms with van der Waals surface area (Å²) >= 11 is 3.45. The predicted molar refractivity (Wildman–Crippen MR) is 49.3 cm³/mol. The summed E-state index contributed by atoms with van der Waals surface area (Å²) in [4.78, 5) is 0. The molecule has 0 aliphatic carbocycles. The smallest absolute Gasteiger partial charge is 0.226 e. The molecule has 0 saturated heterocycles. The molecule has 0 N–H and O–H groups in total. The third kappa shape index (κ3) is 1.14. The van der Waals surface area contributed by atoms with Gasteiger partial charge in [-0.2, -0.15) is 5.10 Å². The maximum Gasteiger partial charge on any atom is 0.226 e. The molecule has 0 aromatic carbocycles. The van der Waals surface area contributed by atoms with Crippen LogP contribution in [0.3, 0.4) is 0 Å². The van der Waals surface area contributed by atoms with Crippen LogP contribution >= 0.6 is 15.9 Å². The molecular weight excluding hydrogens is 220 g/mol. The number of aryl methyl sites for hydroxylation is 1. The highest BCUT2D eigenvalue weighted by atomic mass is 79.9. The Bertz CT molecular complexity index is 308. The Labute approximate surface area is 79.8 Å². The van der Waals surface area contributed by atoms with Crippen LogP contribution in [-0.4, -0.2) is 16.4 Å². The fourth-order valence-electron chi connectivity index (χ4n) is 1.37. The van der Waals surface area contributed by atoms with Gasteiger partial charge in [-0.05, 0) is 22.9 Å². The monoisotopic (exact) mass is 230 g/mol. The fourth-order valence-corrected chi connectivity index (χ4v) is 1.77. The van der Waals surface area contributed by atoms with E-state index in [-0.39, 0.29) is 0 Å². The molecule has 2 heterocycles. The summed E-state index contributed by atoms with van der Waals surface area (Å²) in [6, 6.07) is 0. The number of rotatable bonds is 0. The highest BCUT2D eigenvalue weighted by Gasteiger charge is 2.21. The van der Waals surface area contributed by atoms with Crippen LogP contribution in [0.5, 0.6) is 5.88 Å². The van der Waals surface area contributed by atoms with E-state index in [0.717, 1.165) is 29.2 Å². The molecule has 66 valence electrons. The zero-order valence-corrected chi connectivity index (χ0v) is 8.76. The number of aromatic nitrogens is 2. The van der Waals surface area contributed by atoms with Gasteiger partial charge >= 0.3 is 0 Å². The van der Waals surface area contributed by atoms with Gasteiger partial charge in [-0.1, -0.05) is 6.92 Å². The van der Waals surface area contributed by atoms with Gasteiger partial charge in [-0.3, -0.25) is 0 Å². The second-order valence-corrected chi connectivity index (χ2v) is 4.10. The van der Waals surface area contributed by atoms with E-state index in [0.29, 0.717) is 5.92 Å². The van der Waals surface area contributed by atoms with E-state index in [1.807, 2.05) is 11.6 Å². The van der Waals surface area contributed by atoms with Crippen molar-refractivity contribution in [3.63, 3.8) is 0 Å². The molecule has 1 aliphatic rings. The summed E-state index contributed by atoms with van der Waals surface area (Å²) in [6.45, 7) is 5.89. The molecule has 0 spiro atoms. The van der Waals surface area contributed by atoms with Crippen LogP contribution in [0.25, 0.3) is 0 Å². The first-order valence-electron chi connectivity index (χ1n) is 4.04. The predicted octanol–water partition coefficient (Wildman–Crippen LogP) is 1.98. The van der Waals surface area contributed by atoms with Gasteiger partial charge in [0.2, 0.25) is 5.88 Å². The van der Waals surface area contributed by atoms with Crippen LogP contribution < -0.4 is 4.74 Å². The van der Waals surface area contributed by atoms with E-state index in [9.17, 15) is 0 Å². The number of hydrogen-bond donors (Lipinski definition) is 0. The molecule has 0 fully saturated rings. The summed E-state index contributed by atoms with van der Waals surface area (Å²) < 4.78 is 8.46. The normalized spacial score (nSPS) is 21.8. The average Bonchev–Trinajstić information content (AvgIpc) is 2.28. The molecule has 0 bridgehead atoms. The third-order valence-corrected chi connectivity index (χ3v) is 2.91. The Balaban J connectivity index is 2.43. The maximum atomic E-state index is 5.54. The van der Waals surface area contributed by atoms with E-state index < -0.39 is 0 Å². The van der Waals surface area contributed by atoms with Gasteiger partial charge in [0.05, 0.1) is 18.8 Å². The molecule has 0 amide bonds. The molecule has 4 heteroatoms. The topological polar surface area (TPSA) is 27.1 Å². The zero-order valence-electron chi connectivity index (χ0n) is 7.17. The summed E-state index contributed by atoms with van der Waals surface area (Å²) in [7, 11) is 0. The van der Waals surface area contributed by atoms with Crippen molar-refractivity contribution in [3.05, 3.63) is 10.2 Å². The molecule has 2 rings (SSSR count). The van der Waals surface area contributed by atoms with Gasteiger partial charge in [0.1, 0.15) is 4.47 Å². The van der Waals surface area contributed by atoms with Gasteiger partial charge in [-0.25, -0.2) is 4.68 Å². The Morgan fingerprint density at radius 2 is 2.42 bits per heavy atom. The standard InChI is InChI=1S/C8H11BrN2O/c1-5-3-11-8(12-4-5)7(9)6(2)10-11/h5H,3-4H2,1-2H3/t5-/m1/s1. The molecule has 1 atom stereocenters. The minimum absolute atomic E-state index is 0.559. The fraction of sp³-hybridized carbons (Fsp3) is 0.625. The molecule has 1 aliphatic heterocycles. The van der Waals surface area contributed by atoms with Crippen molar-refractivity contribution in [2.24, 2.45) is 5.92 Å². The van der Waals surface area contributed by atoms with E-state index in [1.165, 1.54) is 0 Å². The van der Waals surface area contributed by atoms with Crippen LogP contribution in [-0.2, 0) is 6.54 Å². The SMILES string of the molecule is Cc1nn2c(c1Br)OC[C@H](C)C2. The molecule has 1 aromatic heterocycles. The molecule has 0 unspecified atom stereocenters. The Kier molecular flexibility index (Phi) is 1.87. The first-order valence-corrected chi connectivity index (χ1v) is 4.83. The lowest BCUT2D eigenvalue weighted by atomic mass is 10.2. The van der Waals surface area contributed by atoms with Crippen LogP contribution in [0.2, 0.25) is 0 Å². The van der Waals surface area contributed by atoms with Gasteiger partial charge in [0.15, 0.2) is 0 Å². The van der Waals surface area contributed by atoms with Gasteiger partial charge < -0.3 is 4.74 Å². The van der Waals surface area contributed by atoms with Crippen molar-refractivity contribution >= 4 is 15.9 Å². The van der Waals surface area contributed by atoms with Crippen molar-refractivity contribution in [2.75, 3.05) is 6.61 Å². The van der Waals surface area contributed by atoms with Gasteiger partial charge in [0.25, 0.3) is 0 Å². The number of ether oxygens (including phenoxy) is 1. The lowest BCUT2D eigenvalue weighted by Crippen LogP contribution is -2.23. The van der Waals surface area contributed by atoms with Crippen LogP contribution in [0.15, 0.2) is 4.47 Å². The Morgan fingerprint density at radius 1 is 1.67 bits per heavy atom. The van der Waals surface area contributed by atoms with Crippen LogP contribution in [0.1, 0.15) is 12.6 Å². The van der Waals surface area contributed by atoms with Crippen molar-refractivity contribution in [3.8, 4) is 5.88 Å². The van der Waals surface area contributed by atoms with Gasteiger partial charge in [0, 0.05) is 5.92 Å². The number of nitrogens with zero attached hydrogens (tertiary/aromatic N) is 2. The Morgan fingerprint density at radius 3 is 3.17 bits per heavy atom. The van der Waals surface area contributed by atoms with E-state index in [2.05, 4.69) is 28.0 Å². The van der Waals surface area contributed by atoms with Crippen LogP contribution in [0, 0.1) is 12.8 Å². The van der Waals surface area contributed by atoms with Crippen molar-refractivity contribution in [1.29, 1.82) is 0 Å². The molecule has 12 heavy (non-hydrogen) atoms. The molecule has 0 radical (unpaired) electrons. The summed E-state index contributed by atoms with van der Waals surface area (Å²) in [6.07, 6.45) is 0. The molecule has 3 nitrogen and oxygen atoms in total. The summed E-state index contributed by atoms with van der Waals surface area (Å²) in [5, 5.41) is 4.35. The van der Waals surface area contributed by atoms with Crippen molar-refractivity contribution in [1.82, 2.24) is 9.78 Å². The molecule has 0 saturated carbocycles. The zero-order chi connectivity index (χ0) is 8.72. The maximum absolute atomic E-state index is 5.54. The van der Waals surface area contributed by atoms with E-state index >= 15 is 0 Å². The number of fused-ring (bicyclic) bond motifs is 1. The lowest BCUT2D eigenvalue weighted by Gasteiger charge is -2.20. The quantitative estimate of drug-likeness (QED) is 0.682. The largest absolute Gasteiger partial charge is 0.477 e. The van der Waals surface area contributed by atoms with E-state index in [1.54, 1.807) is 0 Å². The summed E-state index contributed by atoms with van der Waals surface area (Å²) in [5.74, 6) is 1.44. The van der Waals surface area contributed by atoms with Crippen LogP contribution in [0.4, 0.5) is 0 Å². The minimum atomic E-state index is 0.559.